The van der Waals surface area contributed by atoms with Crippen molar-refractivity contribution in [3.63, 3.8) is 0 Å². The summed E-state index contributed by atoms with van der Waals surface area (Å²) in [6.07, 6.45) is 2.34. The van der Waals surface area contributed by atoms with Gasteiger partial charge >= 0.3 is 11.8 Å². The fourth-order valence-electron chi connectivity index (χ4n) is 2.85. The van der Waals surface area contributed by atoms with Crippen molar-refractivity contribution in [2.24, 2.45) is 0 Å². The molecule has 0 bridgehead atoms. The van der Waals surface area contributed by atoms with Gasteiger partial charge in [-0.05, 0) is 54.8 Å². The molecule has 26 heavy (non-hydrogen) atoms. The highest BCUT2D eigenvalue weighted by Crippen LogP contribution is 2.23. The SMILES string of the molecule is CCc1ccc(NC(=O)C(=O)Nc2ccc(N3CCCC3=O)cc2)cc1. The van der Waals surface area contributed by atoms with Gasteiger partial charge in [-0.25, -0.2) is 0 Å². The summed E-state index contributed by atoms with van der Waals surface area (Å²) < 4.78 is 0. The van der Waals surface area contributed by atoms with Gasteiger partial charge in [0.1, 0.15) is 0 Å². The van der Waals surface area contributed by atoms with Crippen molar-refractivity contribution in [1.82, 2.24) is 0 Å². The van der Waals surface area contributed by atoms with E-state index in [0.717, 1.165) is 24.1 Å². The molecule has 1 aliphatic rings. The Morgan fingerprint density at radius 2 is 1.46 bits per heavy atom. The topological polar surface area (TPSA) is 78.5 Å². The summed E-state index contributed by atoms with van der Waals surface area (Å²) in [4.78, 5) is 37.5. The summed E-state index contributed by atoms with van der Waals surface area (Å²) in [5, 5.41) is 5.13. The number of benzene rings is 2. The van der Waals surface area contributed by atoms with E-state index in [1.165, 1.54) is 0 Å². The largest absolute Gasteiger partial charge is 0.318 e. The van der Waals surface area contributed by atoms with Gasteiger partial charge in [-0.3, -0.25) is 14.4 Å². The molecule has 1 fully saturated rings. The molecule has 3 rings (SSSR count). The highest BCUT2D eigenvalue weighted by Gasteiger charge is 2.21. The molecule has 1 aliphatic heterocycles. The Bertz CT molecular complexity index is 813. The molecular weight excluding hydrogens is 330 g/mol. The molecule has 0 aliphatic carbocycles. The molecule has 0 atom stereocenters. The van der Waals surface area contributed by atoms with E-state index in [9.17, 15) is 14.4 Å². The minimum Gasteiger partial charge on any atom is -0.318 e. The average Bonchev–Trinajstić information content (AvgIpc) is 3.09. The van der Waals surface area contributed by atoms with E-state index in [4.69, 9.17) is 0 Å². The first-order valence-corrected chi connectivity index (χ1v) is 8.68. The van der Waals surface area contributed by atoms with E-state index in [1.54, 1.807) is 41.3 Å². The van der Waals surface area contributed by atoms with E-state index in [1.807, 2.05) is 19.1 Å². The van der Waals surface area contributed by atoms with Gasteiger partial charge < -0.3 is 15.5 Å². The van der Waals surface area contributed by atoms with Crippen molar-refractivity contribution in [3.8, 4) is 0 Å². The van der Waals surface area contributed by atoms with Crippen molar-refractivity contribution < 1.29 is 14.4 Å². The molecule has 1 heterocycles. The van der Waals surface area contributed by atoms with Gasteiger partial charge in [0.05, 0.1) is 0 Å². The van der Waals surface area contributed by atoms with Gasteiger partial charge in [-0.2, -0.15) is 0 Å². The van der Waals surface area contributed by atoms with Crippen molar-refractivity contribution in [2.75, 3.05) is 22.1 Å². The summed E-state index contributed by atoms with van der Waals surface area (Å²) >= 11 is 0. The van der Waals surface area contributed by atoms with Crippen LogP contribution in [0.4, 0.5) is 17.1 Å². The van der Waals surface area contributed by atoms with Gasteiger partial charge in [0.25, 0.3) is 0 Å². The first-order chi connectivity index (χ1) is 12.6. The molecule has 0 saturated carbocycles. The predicted octanol–water partition coefficient (Wildman–Crippen LogP) is 2.95. The van der Waals surface area contributed by atoms with Crippen LogP contribution in [0.5, 0.6) is 0 Å². The van der Waals surface area contributed by atoms with Crippen LogP contribution in [0, 0.1) is 0 Å². The molecule has 0 spiro atoms. The van der Waals surface area contributed by atoms with Crippen molar-refractivity contribution in [2.45, 2.75) is 26.2 Å². The fraction of sp³-hybridized carbons (Fsp3) is 0.250. The van der Waals surface area contributed by atoms with Crippen LogP contribution < -0.4 is 15.5 Å². The number of hydrogen-bond donors (Lipinski definition) is 2. The van der Waals surface area contributed by atoms with E-state index < -0.39 is 11.8 Å². The van der Waals surface area contributed by atoms with Crippen LogP contribution in [-0.2, 0) is 20.8 Å². The Morgan fingerprint density at radius 3 is 1.92 bits per heavy atom. The van der Waals surface area contributed by atoms with Gasteiger partial charge in [0.2, 0.25) is 5.91 Å². The first-order valence-electron chi connectivity index (χ1n) is 8.68. The Hall–Kier alpha value is -3.15. The Morgan fingerprint density at radius 1 is 0.923 bits per heavy atom. The van der Waals surface area contributed by atoms with Gasteiger partial charge in [-0.1, -0.05) is 19.1 Å². The summed E-state index contributed by atoms with van der Waals surface area (Å²) in [6, 6.07) is 14.3. The lowest BCUT2D eigenvalue weighted by Crippen LogP contribution is -2.29. The third kappa shape index (κ3) is 4.08. The van der Waals surface area contributed by atoms with E-state index in [0.29, 0.717) is 24.3 Å². The minimum absolute atomic E-state index is 0.107. The number of nitrogens with one attached hydrogen (secondary N) is 2. The molecular formula is C20H21N3O3. The molecule has 2 aromatic carbocycles. The van der Waals surface area contributed by atoms with Gasteiger partial charge in [-0.15, -0.1) is 0 Å². The lowest BCUT2D eigenvalue weighted by Gasteiger charge is -2.16. The number of rotatable bonds is 4. The maximum absolute atomic E-state index is 12.0. The Balaban J connectivity index is 1.58. The van der Waals surface area contributed by atoms with Crippen molar-refractivity contribution in [3.05, 3.63) is 54.1 Å². The van der Waals surface area contributed by atoms with Crippen LogP contribution in [0.3, 0.4) is 0 Å². The predicted molar refractivity (Wildman–Crippen MR) is 101 cm³/mol. The second-order valence-electron chi connectivity index (χ2n) is 6.15. The monoisotopic (exact) mass is 351 g/mol. The number of anilines is 3. The van der Waals surface area contributed by atoms with E-state index in [2.05, 4.69) is 10.6 Å². The third-order valence-electron chi connectivity index (χ3n) is 4.34. The Kier molecular flexibility index (Phi) is 5.31. The zero-order chi connectivity index (χ0) is 18.5. The van der Waals surface area contributed by atoms with Crippen molar-refractivity contribution in [1.29, 1.82) is 0 Å². The molecule has 2 N–H and O–H groups in total. The first kappa shape index (κ1) is 17.7. The second-order valence-corrected chi connectivity index (χ2v) is 6.15. The minimum atomic E-state index is -0.741. The lowest BCUT2D eigenvalue weighted by molar-refractivity contribution is -0.132. The van der Waals surface area contributed by atoms with E-state index in [-0.39, 0.29) is 5.91 Å². The van der Waals surface area contributed by atoms with Crippen LogP contribution in [0.25, 0.3) is 0 Å². The second kappa shape index (κ2) is 7.82. The molecule has 0 unspecified atom stereocenters. The summed E-state index contributed by atoms with van der Waals surface area (Å²) in [6.45, 7) is 2.76. The third-order valence-corrected chi connectivity index (χ3v) is 4.34. The molecule has 134 valence electrons. The molecule has 3 amide bonds. The molecule has 1 saturated heterocycles. The molecule has 6 nitrogen and oxygen atoms in total. The van der Waals surface area contributed by atoms with Crippen LogP contribution >= 0.6 is 0 Å². The molecule has 0 aromatic heterocycles. The maximum Gasteiger partial charge on any atom is 0.314 e. The van der Waals surface area contributed by atoms with Crippen LogP contribution in [0.2, 0.25) is 0 Å². The Labute approximate surface area is 152 Å². The summed E-state index contributed by atoms with van der Waals surface area (Å²) in [5.74, 6) is -1.36. The maximum atomic E-state index is 12.0. The highest BCUT2D eigenvalue weighted by atomic mass is 16.2. The van der Waals surface area contributed by atoms with Crippen LogP contribution in [0.15, 0.2) is 48.5 Å². The number of amides is 3. The standard InChI is InChI=1S/C20H21N3O3/c1-2-14-5-7-15(8-6-14)21-19(25)20(26)22-16-9-11-17(12-10-16)23-13-3-4-18(23)24/h5-12H,2-4,13H2,1H3,(H,21,25)(H,22,26). The number of carbonyl (C=O) groups is 3. The van der Waals surface area contributed by atoms with Crippen LogP contribution in [-0.4, -0.2) is 24.3 Å². The normalized spacial score (nSPS) is 13.6. The average molecular weight is 351 g/mol. The highest BCUT2D eigenvalue weighted by molar-refractivity contribution is 6.43. The van der Waals surface area contributed by atoms with E-state index >= 15 is 0 Å². The molecule has 6 heteroatoms. The summed E-state index contributed by atoms with van der Waals surface area (Å²) in [5.41, 5.74) is 3.03. The van der Waals surface area contributed by atoms with Crippen LogP contribution in [0.1, 0.15) is 25.3 Å². The van der Waals surface area contributed by atoms with Gasteiger partial charge in [0, 0.05) is 30.0 Å². The zero-order valence-electron chi connectivity index (χ0n) is 14.6. The smallest absolute Gasteiger partial charge is 0.314 e. The summed E-state index contributed by atoms with van der Waals surface area (Å²) in [7, 11) is 0. The number of nitrogens with zero attached hydrogens (tertiary/aromatic N) is 1. The molecule has 2 aromatic rings. The fourth-order valence-corrected chi connectivity index (χ4v) is 2.85. The zero-order valence-corrected chi connectivity index (χ0v) is 14.6. The quantitative estimate of drug-likeness (QED) is 0.831. The number of aryl methyl sites for hydroxylation is 1. The molecule has 0 radical (unpaired) electrons. The number of hydrogen-bond acceptors (Lipinski definition) is 3. The lowest BCUT2D eigenvalue weighted by atomic mass is 10.1. The van der Waals surface area contributed by atoms with Gasteiger partial charge in [0.15, 0.2) is 0 Å². The van der Waals surface area contributed by atoms with Crippen molar-refractivity contribution >= 4 is 34.8 Å². The number of carbonyl (C=O) groups excluding carboxylic acids is 3.